The van der Waals surface area contributed by atoms with Gasteiger partial charge in [0.25, 0.3) is 0 Å². The number of unbranched alkanes of at least 4 members (excludes halogenated alkanes) is 6. The molecule has 0 aromatic heterocycles. The van der Waals surface area contributed by atoms with E-state index in [0.29, 0.717) is 0 Å². The lowest BCUT2D eigenvalue weighted by Gasteiger charge is -2.07. The Morgan fingerprint density at radius 2 is 1.20 bits per heavy atom. The Morgan fingerprint density at radius 3 is 1.70 bits per heavy atom. The lowest BCUT2D eigenvalue weighted by molar-refractivity contribution is 0.305. The van der Waals surface area contributed by atoms with Crippen LogP contribution in [0.5, 0.6) is 11.5 Å². The molecular formula is C28H36O2. The summed E-state index contributed by atoms with van der Waals surface area (Å²) < 4.78 is 11.6. The number of hydrogen-bond acceptors (Lipinski definition) is 2. The molecule has 0 aliphatic rings. The van der Waals surface area contributed by atoms with Crippen LogP contribution in [0.1, 0.15) is 76.3 Å². The number of benzene rings is 2. The van der Waals surface area contributed by atoms with E-state index in [2.05, 4.69) is 32.3 Å². The van der Waals surface area contributed by atoms with Crippen LogP contribution in [-0.4, -0.2) is 13.2 Å². The summed E-state index contributed by atoms with van der Waals surface area (Å²) in [4.78, 5) is 0. The van der Waals surface area contributed by atoms with Crippen molar-refractivity contribution in [2.24, 2.45) is 0 Å². The topological polar surface area (TPSA) is 18.5 Å². The Balaban J connectivity index is 1.79. The average Bonchev–Trinajstić information content (AvgIpc) is 2.78. The normalized spacial score (nSPS) is 10.2. The minimum absolute atomic E-state index is 0.776. The third-order valence-electron chi connectivity index (χ3n) is 4.95. The van der Waals surface area contributed by atoms with Crippen molar-refractivity contribution in [1.82, 2.24) is 0 Å². The largest absolute Gasteiger partial charge is 0.494 e. The Kier molecular flexibility index (Phi) is 11.3. The van der Waals surface area contributed by atoms with E-state index in [9.17, 15) is 0 Å². The zero-order chi connectivity index (χ0) is 21.4. The molecule has 0 unspecified atom stereocenters. The van der Waals surface area contributed by atoms with Gasteiger partial charge in [-0.15, -0.1) is 0 Å². The van der Waals surface area contributed by atoms with Gasteiger partial charge in [-0.25, -0.2) is 0 Å². The first-order valence-corrected chi connectivity index (χ1v) is 11.4. The number of hydrogen-bond donors (Lipinski definition) is 0. The molecule has 2 aromatic carbocycles. The fourth-order valence-electron chi connectivity index (χ4n) is 3.04. The highest BCUT2D eigenvalue weighted by Crippen LogP contribution is 2.18. The van der Waals surface area contributed by atoms with E-state index in [1.807, 2.05) is 48.5 Å². The maximum atomic E-state index is 5.80. The third-order valence-corrected chi connectivity index (χ3v) is 4.95. The van der Waals surface area contributed by atoms with Gasteiger partial charge in [0.05, 0.1) is 13.2 Å². The van der Waals surface area contributed by atoms with Crippen LogP contribution >= 0.6 is 0 Å². The molecule has 2 nitrogen and oxygen atoms in total. The predicted octanol–water partition coefficient (Wildman–Crippen LogP) is 7.67. The van der Waals surface area contributed by atoms with Gasteiger partial charge in [0.1, 0.15) is 11.5 Å². The quantitative estimate of drug-likeness (QED) is 0.252. The van der Waals surface area contributed by atoms with Gasteiger partial charge in [-0.1, -0.05) is 82.9 Å². The van der Waals surface area contributed by atoms with Crippen LogP contribution in [0.15, 0.2) is 55.1 Å². The molecule has 0 atom stereocenters. The van der Waals surface area contributed by atoms with E-state index >= 15 is 0 Å². The van der Waals surface area contributed by atoms with Crippen molar-refractivity contribution in [2.45, 2.75) is 65.2 Å². The lowest BCUT2D eigenvalue weighted by atomic mass is 10.1. The summed E-state index contributed by atoms with van der Waals surface area (Å²) in [7, 11) is 0. The summed E-state index contributed by atoms with van der Waals surface area (Å²) in [5, 5.41) is 0. The van der Waals surface area contributed by atoms with Crippen molar-refractivity contribution in [1.29, 1.82) is 0 Å². The van der Waals surface area contributed by atoms with Gasteiger partial charge in [-0.05, 0) is 54.8 Å². The summed E-state index contributed by atoms with van der Waals surface area (Å²) in [5.74, 6) is 8.15. The number of allylic oxidation sites excluding steroid dienone is 1. The summed E-state index contributed by atoms with van der Waals surface area (Å²) in [5.41, 5.74) is 2.79. The first-order chi connectivity index (χ1) is 14.7. The summed E-state index contributed by atoms with van der Waals surface area (Å²) in [6.45, 7) is 10.1. The highest BCUT2D eigenvalue weighted by Gasteiger charge is 1.99. The molecule has 0 bridgehead atoms. The molecule has 0 N–H and O–H groups in total. The van der Waals surface area contributed by atoms with Crippen LogP contribution in [0.3, 0.4) is 0 Å². The molecule has 0 aliphatic carbocycles. The van der Waals surface area contributed by atoms with Gasteiger partial charge in [0, 0.05) is 11.1 Å². The van der Waals surface area contributed by atoms with Gasteiger partial charge in [0.2, 0.25) is 0 Å². The molecule has 0 saturated heterocycles. The molecule has 0 amide bonds. The van der Waals surface area contributed by atoms with Crippen LogP contribution in [0, 0.1) is 11.8 Å². The van der Waals surface area contributed by atoms with Crippen LogP contribution < -0.4 is 9.47 Å². The Morgan fingerprint density at radius 1 is 0.700 bits per heavy atom. The highest BCUT2D eigenvalue weighted by atomic mass is 16.5. The SMILES string of the molecule is C=C(C#Cc1ccc(OCCCCCC)cc1)c1ccc(OCCCCCC)cc1. The molecule has 2 heteroatoms. The van der Waals surface area contributed by atoms with Gasteiger partial charge in [0.15, 0.2) is 0 Å². The molecule has 0 radical (unpaired) electrons. The third kappa shape index (κ3) is 9.23. The maximum Gasteiger partial charge on any atom is 0.119 e. The second-order valence-electron chi connectivity index (χ2n) is 7.60. The Hall–Kier alpha value is -2.66. The van der Waals surface area contributed by atoms with Gasteiger partial charge < -0.3 is 9.47 Å². The second-order valence-corrected chi connectivity index (χ2v) is 7.60. The van der Waals surface area contributed by atoms with Crippen molar-refractivity contribution in [3.05, 3.63) is 66.2 Å². The monoisotopic (exact) mass is 404 g/mol. The summed E-state index contributed by atoms with van der Waals surface area (Å²) >= 11 is 0. The van der Waals surface area contributed by atoms with Gasteiger partial charge >= 0.3 is 0 Å². The van der Waals surface area contributed by atoms with Crippen molar-refractivity contribution in [3.63, 3.8) is 0 Å². The molecular weight excluding hydrogens is 368 g/mol. The van der Waals surface area contributed by atoms with E-state index < -0.39 is 0 Å². The number of rotatable bonds is 13. The zero-order valence-corrected chi connectivity index (χ0v) is 18.7. The van der Waals surface area contributed by atoms with E-state index in [-0.39, 0.29) is 0 Å². The van der Waals surface area contributed by atoms with Crippen molar-refractivity contribution in [2.75, 3.05) is 13.2 Å². The number of ether oxygens (including phenoxy) is 2. The van der Waals surface area contributed by atoms with Gasteiger partial charge in [-0.2, -0.15) is 0 Å². The first kappa shape index (κ1) is 23.6. The van der Waals surface area contributed by atoms with Crippen LogP contribution in [-0.2, 0) is 0 Å². The predicted molar refractivity (Wildman–Crippen MR) is 128 cm³/mol. The van der Waals surface area contributed by atoms with Crippen LogP contribution in [0.2, 0.25) is 0 Å². The lowest BCUT2D eigenvalue weighted by Crippen LogP contribution is -1.97. The fraction of sp³-hybridized carbons (Fsp3) is 0.429. The van der Waals surface area contributed by atoms with Crippen molar-refractivity contribution >= 4 is 5.57 Å². The van der Waals surface area contributed by atoms with E-state index in [1.165, 1.54) is 38.5 Å². The van der Waals surface area contributed by atoms with Gasteiger partial charge in [-0.3, -0.25) is 0 Å². The standard InChI is InChI=1S/C28H36O2/c1-4-6-8-10-22-29-27-18-14-25(15-19-27)13-12-24(3)26-16-20-28(21-17-26)30-23-11-9-7-5-2/h14-21H,3-11,22-23H2,1-2H3. The van der Waals surface area contributed by atoms with Crippen molar-refractivity contribution < 1.29 is 9.47 Å². The Labute approximate surface area is 183 Å². The average molecular weight is 405 g/mol. The van der Waals surface area contributed by atoms with E-state index in [4.69, 9.17) is 9.47 Å². The molecule has 2 rings (SSSR count). The molecule has 0 fully saturated rings. The van der Waals surface area contributed by atoms with Crippen LogP contribution in [0.4, 0.5) is 0 Å². The first-order valence-electron chi connectivity index (χ1n) is 11.4. The summed E-state index contributed by atoms with van der Waals surface area (Å²) in [6.07, 6.45) is 9.71. The van der Waals surface area contributed by atoms with Crippen LogP contribution in [0.25, 0.3) is 5.57 Å². The second kappa shape index (κ2) is 14.3. The molecule has 0 spiro atoms. The van der Waals surface area contributed by atoms with Crippen molar-refractivity contribution in [3.8, 4) is 23.3 Å². The minimum Gasteiger partial charge on any atom is -0.494 e. The van der Waals surface area contributed by atoms with E-state index in [1.54, 1.807) is 0 Å². The molecule has 30 heavy (non-hydrogen) atoms. The zero-order valence-electron chi connectivity index (χ0n) is 18.7. The molecule has 0 aliphatic heterocycles. The molecule has 0 saturated carbocycles. The maximum absolute atomic E-state index is 5.80. The highest BCUT2D eigenvalue weighted by molar-refractivity contribution is 5.78. The Bertz CT molecular complexity index is 791. The minimum atomic E-state index is 0.776. The molecule has 2 aromatic rings. The smallest absolute Gasteiger partial charge is 0.119 e. The van der Waals surface area contributed by atoms with E-state index in [0.717, 1.165) is 54.3 Å². The fourth-order valence-corrected chi connectivity index (χ4v) is 3.04. The summed E-state index contributed by atoms with van der Waals surface area (Å²) in [6, 6.07) is 16.0. The molecule has 0 heterocycles. The molecule has 160 valence electrons.